The van der Waals surface area contributed by atoms with E-state index in [0.29, 0.717) is 5.75 Å². The SMILES string of the molecule is COc1ccc(OC)c(CN2CCN(C(=O)CSc3ccc(Br)cc3C)CC2)c1. The van der Waals surface area contributed by atoms with Crippen molar-refractivity contribution >= 4 is 33.6 Å². The van der Waals surface area contributed by atoms with Gasteiger partial charge in [-0.15, -0.1) is 11.8 Å². The zero-order valence-corrected chi connectivity index (χ0v) is 19.5. The number of hydrogen-bond donors (Lipinski definition) is 0. The summed E-state index contributed by atoms with van der Waals surface area (Å²) >= 11 is 5.10. The maximum atomic E-state index is 12.6. The minimum Gasteiger partial charge on any atom is -0.497 e. The molecule has 0 aliphatic carbocycles. The van der Waals surface area contributed by atoms with E-state index in [-0.39, 0.29) is 5.91 Å². The molecular formula is C22H27BrN2O3S. The minimum absolute atomic E-state index is 0.205. The number of benzene rings is 2. The molecule has 0 aromatic heterocycles. The summed E-state index contributed by atoms with van der Waals surface area (Å²) in [6, 6.07) is 12.0. The Hall–Kier alpha value is -1.70. The summed E-state index contributed by atoms with van der Waals surface area (Å²) in [4.78, 5) is 18.1. The highest BCUT2D eigenvalue weighted by Gasteiger charge is 2.22. The zero-order valence-electron chi connectivity index (χ0n) is 17.1. The molecule has 156 valence electrons. The fourth-order valence-corrected chi connectivity index (χ4v) is 4.80. The molecule has 1 aliphatic rings. The molecule has 0 bridgehead atoms. The molecule has 0 unspecified atom stereocenters. The number of piperazine rings is 1. The van der Waals surface area contributed by atoms with Crippen molar-refractivity contribution in [1.82, 2.24) is 9.80 Å². The number of thioether (sulfide) groups is 1. The van der Waals surface area contributed by atoms with Gasteiger partial charge in [0.2, 0.25) is 5.91 Å². The first-order valence-electron chi connectivity index (χ1n) is 9.60. The molecule has 1 aliphatic heterocycles. The summed E-state index contributed by atoms with van der Waals surface area (Å²) in [5.41, 5.74) is 2.29. The first-order valence-corrected chi connectivity index (χ1v) is 11.4. The lowest BCUT2D eigenvalue weighted by Gasteiger charge is -2.35. The highest BCUT2D eigenvalue weighted by Crippen LogP contribution is 2.27. The molecule has 29 heavy (non-hydrogen) atoms. The lowest BCUT2D eigenvalue weighted by Crippen LogP contribution is -2.48. The third-order valence-corrected chi connectivity index (χ3v) is 6.75. The van der Waals surface area contributed by atoms with E-state index in [9.17, 15) is 4.79 Å². The normalized spacial score (nSPS) is 14.7. The number of carbonyl (C=O) groups is 1. The van der Waals surface area contributed by atoms with Crippen molar-refractivity contribution in [3.8, 4) is 11.5 Å². The van der Waals surface area contributed by atoms with Crippen molar-refractivity contribution in [2.75, 3.05) is 46.2 Å². The predicted octanol–water partition coefficient (Wildman–Crippen LogP) is 4.21. The van der Waals surface area contributed by atoms with E-state index in [0.717, 1.165) is 59.2 Å². The summed E-state index contributed by atoms with van der Waals surface area (Å²) in [5, 5.41) is 0. The van der Waals surface area contributed by atoms with Crippen LogP contribution in [0.3, 0.4) is 0 Å². The van der Waals surface area contributed by atoms with Gasteiger partial charge in [0.05, 0.1) is 20.0 Å². The molecule has 1 saturated heterocycles. The molecule has 0 atom stereocenters. The summed E-state index contributed by atoms with van der Waals surface area (Å²) in [6.07, 6.45) is 0. The van der Waals surface area contributed by atoms with E-state index in [1.807, 2.05) is 29.2 Å². The van der Waals surface area contributed by atoms with Crippen LogP contribution in [0.15, 0.2) is 45.8 Å². The lowest BCUT2D eigenvalue weighted by molar-refractivity contribution is -0.130. The fraction of sp³-hybridized carbons (Fsp3) is 0.409. The average Bonchev–Trinajstić information content (AvgIpc) is 2.73. The monoisotopic (exact) mass is 478 g/mol. The second-order valence-electron chi connectivity index (χ2n) is 7.03. The van der Waals surface area contributed by atoms with Crippen molar-refractivity contribution in [2.45, 2.75) is 18.4 Å². The molecule has 0 saturated carbocycles. The Kier molecular flexibility index (Phi) is 7.86. The molecule has 0 spiro atoms. The van der Waals surface area contributed by atoms with Crippen LogP contribution in [0.1, 0.15) is 11.1 Å². The third kappa shape index (κ3) is 5.90. The van der Waals surface area contributed by atoms with Gasteiger partial charge in [-0.1, -0.05) is 15.9 Å². The molecule has 5 nitrogen and oxygen atoms in total. The van der Waals surface area contributed by atoms with E-state index >= 15 is 0 Å². The Morgan fingerprint density at radius 2 is 1.83 bits per heavy atom. The van der Waals surface area contributed by atoms with E-state index in [1.165, 1.54) is 5.56 Å². The fourth-order valence-electron chi connectivity index (χ4n) is 3.41. The van der Waals surface area contributed by atoms with Crippen LogP contribution in [-0.4, -0.2) is 61.9 Å². The average molecular weight is 479 g/mol. The van der Waals surface area contributed by atoms with Gasteiger partial charge in [0.25, 0.3) is 0 Å². The maximum absolute atomic E-state index is 12.6. The van der Waals surface area contributed by atoms with Crippen LogP contribution >= 0.6 is 27.7 Å². The van der Waals surface area contributed by atoms with Gasteiger partial charge in [0, 0.05) is 47.7 Å². The standard InChI is InChI=1S/C22H27BrN2O3S/c1-16-12-18(23)4-7-21(16)29-15-22(26)25-10-8-24(9-11-25)14-17-13-19(27-2)5-6-20(17)28-3/h4-7,12-13H,8-11,14-15H2,1-3H3. The number of ether oxygens (including phenoxy) is 2. The van der Waals surface area contributed by atoms with Gasteiger partial charge < -0.3 is 14.4 Å². The van der Waals surface area contributed by atoms with E-state index in [2.05, 4.69) is 39.9 Å². The van der Waals surface area contributed by atoms with Gasteiger partial charge in [-0.2, -0.15) is 0 Å². The molecule has 3 rings (SSSR count). The smallest absolute Gasteiger partial charge is 0.233 e. The molecule has 7 heteroatoms. The number of halogens is 1. The molecule has 1 fully saturated rings. The van der Waals surface area contributed by atoms with Crippen LogP contribution in [0.5, 0.6) is 11.5 Å². The van der Waals surface area contributed by atoms with Crippen molar-refractivity contribution in [3.05, 3.63) is 52.0 Å². The van der Waals surface area contributed by atoms with Crippen molar-refractivity contribution < 1.29 is 14.3 Å². The van der Waals surface area contributed by atoms with Gasteiger partial charge in [0.15, 0.2) is 0 Å². The quantitative estimate of drug-likeness (QED) is 0.557. The Balaban J connectivity index is 1.50. The topological polar surface area (TPSA) is 42.0 Å². The van der Waals surface area contributed by atoms with E-state index < -0.39 is 0 Å². The highest BCUT2D eigenvalue weighted by atomic mass is 79.9. The van der Waals surface area contributed by atoms with Crippen LogP contribution in [0.2, 0.25) is 0 Å². The Labute approximate surface area is 185 Å². The zero-order chi connectivity index (χ0) is 20.8. The van der Waals surface area contributed by atoms with Crippen LogP contribution in [0.4, 0.5) is 0 Å². The second-order valence-corrected chi connectivity index (χ2v) is 8.97. The number of carbonyl (C=O) groups excluding carboxylic acids is 1. The molecule has 0 radical (unpaired) electrons. The summed E-state index contributed by atoms with van der Waals surface area (Å²) < 4.78 is 11.9. The Morgan fingerprint density at radius 3 is 2.48 bits per heavy atom. The van der Waals surface area contributed by atoms with Crippen LogP contribution < -0.4 is 9.47 Å². The minimum atomic E-state index is 0.205. The largest absolute Gasteiger partial charge is 0.497 e. The molecular weight excluding hydrogens is 452 g/mol. The van der Waals surface area contributed by atoms with Crippen molar-refractivity contribution in [3.63, 3.8) is 0 Å². The van der Waals surface area contributed by atoms with Gasteiger partial charge in [-0.05, 0) is 48.9 Å². The van der Waals surface area contributed by atoms with Gasteiger partial charge >= 0.3 is 0 Å². The van der Waals surface area contributed by atoms with E-state index in [1.54, 1.807) is 26.0 Å². The highest BCUT2D eigenvalue weighted by molar-refractivity contribution is 9.10. The first kappa shape index (κ1) is 22.0. The maximum Gasteiger partial charge on any atom is 0.233 e. The Morgan fingerprint density at radius 1 is 1.07 bits per heavy atom. The molecule has 1 heterocycles. The summed E-state index contributed by atoms with van der Waals surface area (Å²) in [6.45, 7) is 6.08. The van der Waals surface area contributed by atoms with Crippen LogP contribution in [-0.2, 0) is 11.3 Å². The van der Waals surface area contributed by atoms with Crippen molar-refractivity contribution in [2.24, 2.45) is 0 Å². The molecule has 2 aromatic carbocycles. The van der Waals surface area contributed by atoms with Gasteiger partial charge in [-0.3, -0.25) is 9.69 Å². The number of nitrogens with zero attached hydrogens (tertiary/aromatic N) is 2. The van der Waals surface area contributed by atoms with Crippen molar-refractivity contribution in [1.29, 1.82) is 0 Å². The Bertz CT molecular complexity index is 854. The van der Waals surface area contributed by atoms with Crippen LogP contribution in [0, 0.1) is 6.92 Å². The number of rotatable bonds is 7. The van der Waals surface area contributed by atoms with Crippen LogP contribution in [0.25, 0.3) is 0 Å². The molecule has 1 amide bonds. The first-order chi connectivity index (χ1) is 14.0. The van der Waals surface area contributed by atoms with Gasteiger partial charge in [0.1, 0.15) is 11.5 Å². The summed E-state index contributed by atoms with van der Waals surface area (Å²) in [5.74, 6) is 2.38. The number of amides is 1. The molecule has 2 aromatic rings. The number of aryl methyl sites for hydroxylation is 1. The third-order valence-electron chi connectivity index (χ3n) is 5.09. The second kappa shape index (κ2) is 10.4. The summed E-state index contributed by atoms with van der Waals surface area (Å²) in [7, 11) is 3.36. The van der Waals surface area contributed by atoms with E-state index in [4.69, 9.17) is 9.47 Å². The number of methoxy groups -OCH3 is 2. The number of hydrogen-bond acceptors (Lipinski definition) is 5. The predicted molar refractivity (Wildman–Crippen MR) is 121 cm³/mol. The molecule has 0 N–H and O–H groups in total. The van der Waals surface area contributed by atoms with Gasteiger partial charge in [-0.25, -0.2) is 0 Å². The lowest BCUT2D eigenvalue weighted by atomic mass is 10.1.